The number of hydrogen-bond donors (Lipinski definition) is 0. The highest BCUT2D eigenvalue weighted by Crippen LogP contribution is 2.51. The minimum atomic E-state index is -0.120. The number of anilines is 3. The van der Waals surface area contributed by atoms with Crippen molar-refractivity contribution in [1.29, 1.82) is 0 Å². The van der Waals surface area contributed by atoms with Gasteiger partial charge in [0.1, 0.15) is 11.2 Å². The zero-order valence-corrected chi connectivity index (χ0v) is 33.4. The fourth-order valence-electron chi connectivity index (χ4n) is 9.80. The molecule has 0 radical (unpaired) electrons. The van der Waals surface area contributed by atoms with Crippen molar-refractivity contribution in [2.75, 3.05) is 4.90 Å². The summed E-state index contributed by atoms with van der Waals surface area (Å²) in [6, 6.07) is 74.9. The van der Waals surface area contributed by atoms with Crippen LogP contribution in [0.4, 0.5) is 17.1 Å². The maximum Gasteiger partial charge on any atom is 0.135 e. The highest BCUT2D eigenvalue weighted by atomic mass is 16.3. The third-order valence-electron chi connectivity index (χ3n) is 12.8. The van der Waals surface area contributed by atoms with Gasteiger partial charge in [-0.1, -0.05) is 135 Å². The lowest BCUT2D eigenvalue weighted by Crippen LogP contribution is -2.16. The lowest BCUT2D eigenvalue weighted by Gasteiger charge is -2.28. The first-order chi connectivity index (χ1) is 29.5. The molecule has 60 heavy (non-hydrogen) atoms. The number of furan rings is 1. The van der Waals surface area contributed by atoms with Gasteiger partial charge in [-0.2, -0.15) is 0 Å². The van der Waals surface area contributed by atoms with Crippen LogP contribution in [0.15, 0.2) is 211 Å². The van der Waals surface area contributed by atoms with E-state index in [0.29, 0.717) is 0 Å². The van der Waals surface area contributed by atoms with Crippen LogP contribution in [0.5, 0.6) is 0 Å². The first-order valence-electron chi connectivity index (χ1n) is 20.7. The zero-order chi connectivity index (χ0) is 40.0. The molecule has 284 valence electrons. The molecule has 0 saturated heterocycles. The van der Waals surface area contributed by atoms with E-state index in [1.807, 2.05) is 0 Å². The number of benzene rings is 9. The number of nitrogens with zero attached hydrogens (tertiary/aromatic N) is 2. The Bertz CT molecular complexity index is 3450. The maximum absolute atomic E-state index is 6.54. The topological polar surface area (TPSA) is 21.3 Å². The van der Waals surface area contributed by atoms with Gasteiger partial charge in [0.15, 0.2) is 0 Å². The second kappa shape index (κ2) is 13.2. The molecule has 12 rings (SSSR count). The Kier molecular flexibility index (Phi) is 7.58. The van der Waals surface area contributed by atoms with Gasteiger partial charge in [-0.3, -0.25) is 0 Å². The van der Waals surface area contributed by atoms with E-state index in [1.165, 1.54) is 60.8 Å². The molecule has 2 aromatic heterocycles. The van der Waals surface area contributed by atoms with Crippen LogP contribution in [-0.4, -0.2) is 4.57 Å². The highest BCUT2D eigenvalue weighted by molar-refractivity contribution is 6.12. The summed E-state index contributed by atoms with van der Waals surface area (Å²) in [6.45, 7) is 4.70. The summed E-state index contributed by atoms with van der Waals surface area (Å²) < 4.78 is 8.90. The van der Waals surface area contributed by atoms with Crippen LogP contribution in [0.2, 0.25) is 0 Å². The van der Waals surface area contributed by atoms with Crippen LogP contribution >= 0.6 is 0 Å². The van der Waals surface area contributed by atoms with Crippen LogP contribution in [0, 0.1) is 0 Å². The summed E-state index contributed by atoms with van der Waals surface area (Å²) in [5.41, 5.74) is 18.6. The van der Waals surface area contributed by atoms with Crippen LogP contribution in [0.3, 0.4) is 0 Å². The third-order valence-corrected chi connectivity index (χ3v) is 12.8. The number of fused-ring (bicyclic) bond motifs is 9. The standard InChI is InChI=1S/C57H40N2O/c1-57(2)51-19-11-9-17-45(51)46-29-27-44(36-52(46)57)58(42-25-21-38(22-26-42)37-13-5-3-6-14-37)43-28-32-56-50(35-43)49-34-40(24-31-55(49)60-56)39-23-30-54-48(33-39)47-18-10-12-20-53(47)59(54)41-15-7-4-8-16-41/h3-36H,1-2H3. The minimum absolute atomic E-state index is 0.120. The van der Waals surface area contributed by atoms with Crippen molar-refractivity contribution in [3.63, 3.8) is 0 Å². The molecule has 0 spiro atoms. The summed E-state index contributed by atoms with van der Waals surface area (Å²) in [4.78, 5) is 2.40. The number of hydrogen-bond acceptors (Lipinski definition) is 2. The molecule has 11 aromatic rings. The largest absolute Gasteiger partial charge is 0.456 e. The predicted molar refractivity (Wildman–Crippen MR) is 251 cm³/mol. The minimum Gasteiger partial charge on any atom is -0.456 e. The lowest BCUT2D eigenvalue weighted by molar-refractivity contribution is 0.660. The smallest absolute Gasteiger partial charge is 0.135 e. The molecule has 0 amide bonds. The molecule has 0 saturated carbocycles. The van der Waals surface area contributed by atoms with E-state index in [2.05, 4.69) is 230 Å². The third kappa shape index (κ3) is 5.29. The van der Waals surface area contributed by atoms with Gasteiger partial charge < -0.3 is 13.9 Å². The number of rotatable bonds is 6. The van der Waals surface area contributed by atoms with Gasteiger partial charge in [-0.15, -0.1) is 0 Å². The SMILES string of the molecule is CC1(C)c2ccccc2-c2ccc(N(c3ccc(-c4ccccc4)cc3)c3ccc4oc5ccc(-c6ccc7c(c6)c6ccccc6n7-c6ccccc6)cc5c4c3)cc21. The molecule has 0 atom stereocenters. The molecular weight excluding hydrogens is 729 g/mol. The summed E-state index contributed by atoms with van der Waals surface area (Å²) >= 11 is 0. The lowest BCUT2D eigenvalue weighted by atomic mass is 9.82. The van der Waals surface area contributed by atoms with Gasteiger partial charge in [0, 0.05) is 49.7 Å². The second-order valence-electron chi connectivity index (χ2n) is 16.6. The molecule has 0 N–H and O–H groups in total. The van der Waals surface area contributed by atoms with Crippen LogP contribution in [-0.2, 0) is 5.41 Å². The first kappa shape index (κ1) is 34.4. The number of para-hydroxylation sites is 2. The van der Waals surface area contributed by atoms with Crippen molar-refractivity contribution < 1.29 is 4.42 Å². The van der Waals surface area contributed by atoms with E-state index in [0.717, 1.165) is 50.3 Å². The van der Waals surface area contributed by atoms with Gasteiger partial charge in [0.25, 0.3) is 0 Å². The maximum atomic E-state index is 6.54. The second-order valence-corrected chi connectivity index (χ2v) is 16.6. The van der Waals surface area contributed by atoms with Gasteiger partial charge in [0.2, 0.25) is 0 Å². The fourth-order valence-corrected chi connectivity index (χ4v) is 9.80. The summed E-state index contributed by atoms with van der Waals surface area (Å²) in [7, 11) is 0. The van der Waals surface area contributed by atoms with Gasteiger partial charge in [-0.05, 0) is 129 Å². The Morgan fingerprint density at radius 3 is 1.75 bits per heavy atom. The van der Waals surface area contributed by atoms with E-state index in [9.17, 15) is 0 Å². The molecule has 2 heterocycles. The Morgan fingerprint density at radius 2 is 0.933 bits per heavy atom. The van der Waals surface area contributed by atoms with Gasteiger partial charge in [0.05, 0.1) is 11.0 Å². The van der Waals surface area contributed by atoms with Crippen molar-refractivity contribution in [1.82, 2.24) is 4.57 Å². The predicted octanol–water partition coefficient (Wildman–Crippen LogP) is 15.8. The van der Waals surface area contributed by atoms with Crippen molar-refractivity contribution in [2.24, 2.45) is 0 Å². The molecule has 0 fully saturated rings. The molecule has 0 unspecified atom stereocenters. The van der Waals surface area contributed by atoms with E-state index in [1.54, 1.807) is 0 Å². The summed E-state index contributed by atoms with van der Waals surface area (Å²) in [6.07, 6.45) is 0. The van der Waals surface area contributed by atoms with Crippen molar-refractivity contribution in [3.05, 3.63) is 217 Å². The summed E-state index contributed by atoms with van der Waals surface area (Å²) in [5.74, 6) is 0. The fraction of sp³-hybridized carbons (Fsp3) is 0.0526. The molecule has 1 aliphatic rings. The summed E-state index contributed by atoms with van der Waals surface area (Å²) in [5, 5.41) is 4.67. The highest BCUT2D eigenvalue weighted by Gasteiger charge is 2.35. The molecule has 0 bridgehead atoms. The first-order valence-corrected chi connectivity index (χ1v) is 20.7. The number of aromatic nitrogens is 1. The monoisotopic (exact) mass is 768 g/mol. The average molecular weight is 769 g/mol. The van der Waals surface area contributed by atoms with Crippen LogP contribution in [0.25, 0.3) is 82.8 Å². The molecule has 0 aliphatic heterocycles. The van der Waals surface area contributed by atoms with Crippen molar-refractivity contribution >= 4 is 60.8 Å². The molecular formula is C57H40N2O. The average Bonchev–Trinajstić information content (AvgIpc) is 3.92. The molecule has 1 aliphatic carbocycles. The van der Waals surface area contributed by atoms with Gasteiger partial charge >= 0.3 is 0 Å². The van der Waals surface area contributed by atoms with E-state index in [4.69, 9.17) is 4.42 Å². The Labute approximate surface area is 349 Å². The van der Waals surface area contributed by atoms with Gasteiger partial charge in [-0.25, -0.2) is 0 Å². The Hall–Kier alpha value is -7.62. The molecule has 3 nitrogen and oxygen atoms in total. The Balaban J connectivity index is 0.998. The van der Waals surface area contributed by atoms with Crippen LogP contribution in [0.1, 0.15) is 25.0 Å². The quantitative estimate of drug-likeness (QED) is 0.168. The normalized spacial score (nSPS) is 13.0. The van der Waals surface area contributed by atoms with Crippen LogP contribution < -0.4 is 4.90 Å². The zero-order valence-electron chi connectivity index (χ0n) is 33.4. The van der Waals surface area contributed by atoms with E-state index >= 15 is 0 Å². The molecule has 3 heteroatoms. The van der Waals surface area contributed by atoms with E-state index in [-0.39, 0.29) is 5.41 Å². The van der Waals surface area contributed by atoms with E-state index < -0.39 is 0 Å². The van der Waals surface area contributed by atoms with Crippen molar-refractivity contribution in [3.8, 4) is 39.1 Å². The van der Waals surface area contributed by atoms with Crippen molar-refractivity contribution in [2.45, 2.75) is 19.3 Å². The molecule has 9 aromatic carbocycles. The Morgan fingerprint density at radius 1 is 0.383 bits per heavy atom.